The van der Waals surface area contributed by atoms with Gasteiger partial charge in [-0.05, 0) is 0 Å². The molecule has 5 heterocycles. The predicted molar refractivity (Wildman–Crippen MR) is 188 cm³/mol. The van der Waals surface area contributed by atoms with Crippen molar-refractivity contribution in [2.45, 2.75) is 19.6 Å². The summed E-state index contributed by atoms with van der Waals surface area (Å²) in [6.45, 7) is 0. The maximum atomic E-state index is 13.0. The van der Waals surface area contributed by atoms with Crippen molar-refractivity contribution in [1.29, 1.82) is 0 Å². The summed E-state index contributed by atoms with van der Waals surface area (Å²) in [7, 11) is -26.0. The first kappa shape index (κ1) is 47.9. The number of fused-ring (bicyclic) bond motifs is 20. The first-order valence-electron chi connectivity index (χ1n) is 15.5. The third-order valence-corrected chi connectivity index (χ3v) is 12.8. The summed E-state index contributed by atoms with van der Waals surface area (Å²) in [5.74, 6) is -0.637. The number of rotatable bonds is 4. The molecule has 0 fully saturated rings. The van der Waals surface area contributed by atoms with Crippen molar-refractivity contribution in [3.63, 3.8) is 0 Å². The first-order chi connectivity index (χ1) is 26.3. The number of hydrogen-bond donors (Lipinski definition) is 2. The van der Waals surface area contributed by atoms with Gasteiger partial charge in [-0.2, -0.15) is 0 Å². The first-order valence-corrected chi connectivity index (χ1v) is 21.1. The Bertz CT molecular complexity index is 3400. The quantitative estimate of drug-likeness (QED) is 0.189. The van der Waals surface area contributed by atoms with E-state index in [-0.39, 0.29) is 135 Å². The van der Waals surface area contributed by atoms with E-state index in [4.69, 9.17) is 9.97 Å². The van der Waals surface area contributed by atoms with Crippen LogP contribution in [-0.2, 0) is 130 Å². The summed E-state index contributed by atoms with van der Waals surface area (Å²) in [4.78, 5) is 23.0. The van der Waals surface area contributed by atoms with Gasteiger partial charge >= 0.3 is 89.5 Å². The molecule has 0 spiro atoms. The van der Waals surface area contributed by atoms with E-state index in [1.54, 1.807) is 60.7 Å². The summed E-state index contributed by atoms with van der Waals surface area (Å²) >= 11 is 0. The zero-order chi connectivity index (χ0) is 39.7. The van der Waals surface area contributed by atoms with Gasteiger partial charge in [0.2, 0.25) is 0 Å². The predicted octanol–water partition coefficient (Wildman–Crippen LogP) is 2.48. The summed E-state index contributed by atoms with van der Waals surface area (Å²) in [5.41, 5.74) is -0.283. The zero-order valence-corrected chi connectivity index (χ0v) is 37.5. The molecular formula is C32H14Ag4N8O12S4. The van der Waals surface area contributed by atoms with E-state index in [2.05, 4.69) is 29.9 Å². The maximum Gasteiger partial charge on any atom is 1.00 e. The molecule has 0 atom stereocenters. The van der Waals surface area contributed by atoms with Crippen LogP contribution in [0.2, 0.25) is 0 Å². The van der Waals surface area contributed by atoms with Gasteiger partial charge in [-0.3, -0.25) is 0 Å². The van der Waals surface area contributed by atoms with Crippen LogP contribution in [0.1, 0.15) is 0 Å². The van der Waals surface area contributed by atoms with Crippen molar-refractivity contribution in [2.24, 2.45) is 0 Å². The summed E-state index contributed by atoms with van der Waals surface area (Å²) in [6, 6.07) is 19.6. The fourth-order valence-corrected chi connectivity index (χ4v) is 11.6. The minimum absolute atomic E-state index is 0. The van der Waals surface area contributed by atoms with E-state index < -0.39 is 82.1 Å². The molecule has 0 saturated carbocycles. The van der Waals surface area contributed by atoms with Crippen LogP contribution in [0, 0.1) is 0 Å². The zero-order valence-electron chi connectivity index (χ0n) is 28.3. The van der Waals surface area contributed by atoms with Crippen molar-refractivity contribution < 1.29 is 141 Å². The summed E-state index contributed by atoms with van der Waals surface area (Å²) < 4.78 is 154. The molecule has 0 unspecified atom stereocenters. The van der Waals surface area contributed by atoms with Crippen LogP contribution in [0.3, 0.4) is 0 Å². The van der Waals surface area contributed by atoms with Crippen LogP contribution >= 0.6 is 0 Å². The summed E-state index contributed by atoms with van der Waals surface area (Å²) in [5, 5.41) is -1.56. The Hall–Kier alpha value is -3.16. The normalized spacial score (nSPS) is 12.3. The number of hydrogen-bond acceptors (Lipinski definition) is 18. The van der Waals surface area contributed by atoms with Crippen LogP contribution in [0.15, 0.2) is 92.4 Å². The largest absolute Gasteiger partial charge is 1.00 e. The number of benzene rings is 4. The number of nitrogens with one attached hydrogen (secondary N) is 2. The van der Waals surface area contributed by atoms with Crippen LogP contribution in [0.25, 0.3) is 89.7 Å². The van der Waals surface area contributed by atoms with Crippen LogP contribution < -0.4 is 0 Å². The Kier molecular flexibility index (Phi) is 13.2. The Morgan fingerprint density at radius 1 is 0.350 bits per heavy atom. The van der Waals surface area contributed by atoms with Gasteiger partial charge < -0.3 is 28.2 Å². The van der Waals surface area contributed by atoms with E-state index in [0.717, 1.165) is 0 Å². The Balaban J connectivity index is 0.00000171. The second-order valence-corrected chi connectivity index (χ2v) is 17.4. The molecule has 0 amide bonds. The Morgan fingerprint density at radius 2 is 0.600 bits per heavy atom. The second kappa shape index (κ2) is 16.5. The Morgan fingerprint density at radius 3 is 0.883 bits per heavy atom. The molecular weight excluding hydrogens is 1250 g/mol. The number of aromatic amines is 2. The average Bonchev–Trinajstić information content (AvgIpc) is 3.84. The van der Waals surface area contributed by atoms with Gasteiger partial charge in [-0.1, -0.05) is 72.8 Å². The van der Waals surface area contributed by atoms with Gasteiger partial charge in [-0.15, -0.1) is 0 Å². The van der Waals surface area contributed by atoms with Crippen LogP contribution in [0.5, 0.6) is 0 Å². The maximum absolute atomic E-state index is 13.0. The molecule has 0 saturated heterocycles. The Labute approximate surface area is 399 Å². The minimum atomic E-state index is -6.60. The van der Waals surface area contributed by atoms with Crippen molar-refractivity contribution in [3.8, 4) is 45.6 Å². The van der Waals surface area contributed by atoms with Crippen molar-refractivity contribution in [2.75, 3.05) is 0 Å². The van der Waals surface area contributed by atoms with Gasteiger partial charge in [0, 0.05) is 43.8 Å². The van der Waals surface area contributed by atoms with E-state index in [9.17, 15) is 51.9 Å². The average molecular weight is 1260 g/mol. The van der Waals surface area contributed by atoms with Gasteiger partial charge in [0.15, 0.2) is 23.3 Å². The molecule has 0 aliphatic carbocycles. The molecule has 0 radical (unpaired) electrons. The standard InChI is InChI=1S/C32H18N8O12S4.4Ag/c41-53(42,43)21-19-20(22(54(44,45)46)24(56(50,51)52)23(21)55(47,48)49)32-39-30-18-12-6-4-10-16(18)28(37-30)35-26-14-8-2-1-7-13(14)25(33-26)34-27-15-9-3-5-11-17(15)29(36-27)38-31(19)40-32;;;;/h1-12H,(H,41,42,43)(H,44,45,46)(H,47,48,49)(H,50,51,52)(H2,33,34,35,36,37,38,39,40);;;;/q;4*+1/p-4. The molecule has 4 aromatic carbocycles. The molecule has 2 aliphatic rings. The molecule has 2 N–H and O–H groups in total. The number of nitrogens with zero attached hydrogens (tertiary/aromatic N) is 6. The number of aromatic nitrogens is 8. The summed E-state index contributed by atoms with van der Waals surface area (Å²) in [6.07, 6.45) is 0. The fourth-order valence-electron chi connectivity index (χ4n) is 6.72. The monoisotopic (exact) mass is 1260 g/mol. The van der Waals surface area contributed by atoms with Crippen molar-refractivity contribution in [1.82, 2.24) is 39.9 Å². The van der Waals surface area contributed by atoms with Gasteiger partial charge in [0.25, 0.3) is 0 Å². The smallest absolute Gasteiger partial charge is 0.744 e. The third-order valence-electron chi connectivity index (χ3n) is 8.82. The molecule has 60 heavy (non-hydrogen) atoms. The molecule has 7 aromatic rings. The van der Waals surface area contributed by atoms with Gasteiger partial charge in [-0.25, -0.2) is 63.6 Å². The SMILES string of the molecule is O=S(=O)([O-])c1c(S(=O)(=O)[O-])c(S(=O)(=O)[O-])c2c3nc4nc(nc5[nH]c(nc6nc(nc([nH]3)c2c1S(=O)(=O)[O-])-c1ccccc1-6)c1ccccc51)-c1ccccc1-4.[Ag+].[Ag+].[Ag+].[Ag+]. The fraction of sp³-hybridized carbons (Fsp3) is 0. The minimum Gasteiger partial charge on any atom is -0.744 e. The molecule has 2 aliphatic heterocycles. The van der Waals surface area contributed by atoms with Crippen molar-refractivity contribution >= 4 is 84.6 Å². The van der Waals surface area contributed by atoms with Crippen LogP contribution in [-0.4, -0.2) is 91.8 Å². The van der Waals surface area contributed by atoms with Crippen molar-refractivity contribution in [3.05, 3.63) is 72.8 Å². The molecule has 28 heteroatoms. The second-order valence-electron chi connectivity index (χ2n) is 12.1. The number of H-pyrrole nitrogens is 2. The third kappa shape index (κ3) is 7.90. The molecule has 8 bridgehead atoms. The van der Waals surface area contributed by atoms with E-state index in [1.807, 2.05) is 0 Å². The molecule has 9 rings (SSSR count). The molecule has 3 aromatic heterocycles. The van der Waals surface area contributed by atoms with Gasteiger partial charge in [0.05, 0.1) is 19.6 Å². The van der Waals surface area contributed by atoms with Gasteiger partial charge in [0.1, 0.15) is 63.1 Å². The van der Waals surface area contributed by atoms with E-state index >= 15 is 0 Å². The van der Waals surface area contributed by atoms with E-state index in [0.29, 0.717) is 21.9 Å². The molecule has 20 nitrogen and oxygen atoms in total. The molecule has 322 valence electrons. The topological polar surface area (TPSA) is 338 Å². The van der Waals surface area contributed by atoms with E-state index in [1.165, 1.54) is 12.1 Å². The van der Waals surface area contributed by atoms with Crippen LogP contribution in [0.4, 0.5) is 0 Å².